The summed E-state index contributed by atoms with van der Waals surface area (Å²) in [6.07, 6.45) is 1.32. The molecule has 0 amide bonds. The lowest BCUT2D eigenvalue weighted by Gasteiger charge is -2.21. The van der Waals surface area contributed by atoms with Gasteiger partial charge in [0.15, 0.2) is 0 Å². The second kappa shape index (κ2) is 6.05. The van der Waals surface area contributed by atoms with Crippen LogP contribution in [0.4, 0.5) is 0 Å². The van der Waals surface area contributed by atoms with Gasteiger partial charge in [0.2, 0.25) is 0 Å². The van der Waals surface area contributed by atoms with Gasteiger partial charge in [-0.3, -0.25) is 14.7 Å². The first-order valence-electron chi connectivity index (χ1n) is 5.81. The van der Waals surface area contributed by atoms with Crippen LogP contribution in [-0.4, -0.2) is 46.8 Å². The van der Waals surface area contributed by atoms with Crippen LogP contribution in [0.2, 0.25) is 10.0 Å². The molecule has 2 heterocycles. The van der Waals surface area contributed by atoms with Crippen molar-refractivity contribution in [3.8, 4) is 0 Å². The largest absolute Gasteiger partial charge is 0.468 e. The van der Waals surface area contributed by atoms with Crippen molar-refractivity contribution < 1.29 is 14.6 Å². The lowest BCUT2D eigenvalue weighted by Crippen LogP contribution is -2.36. The number of halogens is 2. The minimum absolute atomic E-state index is 0.359. The van der Waals surface area contributed by atoms with Gasteiger partial charge < -0.3 is 9.84 Å². The number of nitrogens with zero attached hydrogens (tertiary/aromatic N) is 2. The zero-order valence-electron chi connectivity index (χ0n) is 10.3. The number of hydrogen-bond donors (Lipinski definition) is 1. The number of aliphatic hydroxyl groups excluding tert-OH is 1. The fraction of sp³-hybridized carbons (Fsp3) is 0.500. The van der Waals surface area contributed by atoms with E-state index in [2.05, 4.69) is 4.98 Å². The molecule has 7 heteroatoms. The maximum absolute atomic E-state index is 11.6. The van der Waals surface area contributed by atoms with Crippen LogP contribution < -0.4 is 0 Å². The van der Waals surface area contributed by atoms with Crippen molar-refractivity contribution in [1.29, 1.82) is 0 Å². The number of esters is 1. The lowest BCUT2D eigenvalue weighted by molar-refractivity contribution is -0.146. The van der Waals surface area contributed by atoms with E-state index in [1.54, 1.807) is 11.0 Å². The SMILES string of the molecule is COC(=O)[C@H]1C[C@H](O)CN1Cc1ncc(Cl)cc1Cl. The molecule has 1 N–H and O–H groups in total. The van der Waals surface area contributed by atoms with Crippen LogP contribution in [0, 0.1) is 0 Å². The molecule has 0 unspecified atom stereocenters. The molecule has 1 aliphatic heterocycles. The molecule has 0 aromatic carbocycles. The molecular formula is C12H14Cl2N2O3. The van der Waals surface area contributed by atoms with Gasteiger partial charge in [0.05, 0.1) is 29.0 Å². The van der Waals surface area contributed by atoms with Crippen LogP contribution in [0.5, 0.6) is 0 Å². The van der Waals surface area contributed by atoms with E-state index in [-0.39, 0.29) is 5.97 Å². The third-order valence-corrected chi connectivity index (χ3v) is 3.63. The van der Waals surface area contributed by atoms with Gasteiger partial charge in [-0.25, -0.2) is 0 Å². The number of β-amino-alcohol motifs (C(OH)–C–C–N with tert-alkyl or cyclic N) is 1. The summed E-state index contributed by atoms with van der Waals surface area (Å²) in [5.41, 5.74) is 0.620. The third kappa shape index (κ3) is 3.36. The summed E-state index contributed by atoms with van der Waals surface area (Å²) >= 11 is 11.8. The number of hydrogen-bond acceptors (Lipinski definition) is 5. The third-order valence-electron chi connectivity index (χ3n) is 3.09. The van der Waals surface area contributed by atoms with Gasteiger partial charge in [-0.15, -0.1) is 0 Å². The molecule has 2 rings (SSSR count). The van der Waals surface area contributed by atoms with E-state index in [4.69, 9.17) is 27.9 Å². The number of carbonyl (C=O) groups is 1. The molecule has 19 heavy (non-hydrogen) atoms. The maximum Gasteiger partial charge on any atom is 0.323 e. The first kappa shape index (κ1) is 14.5. The molecule has 0 radical (unpaired) electrons. The highest BCUT2D eigenvalue weighted by molar-refractivity contribution is 6.34. The number of rotatable bonds is 3. The van der Waals surface area contributed by atoms with Gasteiger partial charge in [0.25, 0.3) is 0 Å². The van der Waals surface area contributed by atoms with Crippen LogP contribution in [0.3, 0.4) is 0 Å². The summed E-state index contributed by atoms with van der Waals surface area (Å²) in [4.78, 5) is 17.6. The van der Waals surface area contributed by atoms with Crippen molar-refractivity contribution >= 4 is 29.2 Å². The van der Waals surface area contributed by atoms with Crippen molar-refractivity contribution in [2.24, 2.45) is 0 Å². The molecule has 5 nitrogen and oxygen atoms in total. The van der Waals surface area contributed by atoms with E-state index < -0.39 is 12.1 Å². The van der Waals surface area contributed by atoms with Gasteiger partial charge in [0.1, 0.15) is 6.04 Å². The topological polar surface area (TPSA) is 62.7 Å². The predicted molar refractivity (Wildman–Crippen MR) is 71.1 cm³/mol. The molecule has 104 valence electrons. The molecule has 2 atom stereocenters. The summed E-state index contributed by atoms with van der Waals surface area (Å²) in [5, 5.41) is 10.6. The number of aromatic nitrogens is 1. The molecule has 1 aromatic heterocycles. The molecular weight excluding hydrogens is 291 g/mol. The van der Waals surface area contributed by atoms with E-state index in [0.29, 0.717) is 35.2 Å². The van der Waals surface area contributed by atoms with Gasteiger partial charge in [0, 0.05) is 25.7 Å². The van der Waals surface area contributed by atoms with Gasteiger partial charge in [-0.2, -0.15) is 0 Å². The van der Waals surface area contributed by atoms with E-state index in [9.17, 15) is 9.90 Å². The van der Waals surface area contributed by atoms with Gasteiger partial charge in [-0.05, 0) is 6.07 Å². The zero-order valence-corrected chi connectivity index (χ0v) is 11.9. The summed E-state index contributed by atoms with van der Waals surface area (Å²) in [5.74, 6) is -0.360. The number of ether oxygens (including phenoxy) is 1. The number of pyridine rings is 1. The first-order chi connectivity index (χ1) is 9.01. The highest BCUT2D eigenvalue weighted by Crippen LogP contribution is 2.25. The first-order valence-corrected chi connectivity index (χ1v) is 6.56. The molecule has 1 saturated heterocycles. The Labute approximate surface area is 121 Å². The molecule has 1 fully saturated rings. The summed E-state index contributed by atoms with van der Waals surface area (Å²) < 4.78 is 4.73. The van der Waals surface area contributed by atoms with E-state index in [0.717, 1.165) is 0 Å². The van der Waals surface area contributed by atoms with Crippen LogP contribution in [-0.2, 0) is 16.1 Å². The monoisotopic (exact) mass is 304 g/mol. The quantitative estimate of drug-likeness (QED) is 0.857. The average molecular weight is 305 g/mol. The van der Waals surface area contributed by atoms with E-state index in [1.165, 1.54) is 13.3 Å². The molecule has 0 aliphatic carbocycles. The smallest absolute Gasteiger partial charge is 0.323 e. The Kier molecular flexibility index (Phi) is 4.62. The molecule has 0 bridgehead atoms. The number of likely N-dealkylation sites (tertiary alicyclic amines) is 1. The van der Waals surface area contributed by atoms with Crippen LogP contribution in [0.25, 0.3) is 0 Å². The molecule has 0 saturated carbocycles. The lowest BCUT2D eigenvalue weighted by atomic mass is 10.2. The van der Waals surface area contributed by atoms with E-state index in [1.807, 2.05) is 0 Å². The maximum atomic E-state index is 11.6. The summed E-state index contributed by atoms with van der Waals surface area (Å²) in [6.45, 7) is 0.757. The minimum Gasteiger partial charge on any atom is -0.468 e. The van der Waals surface area contributed by atoms with Gasteiger partial charge >= 0.3 is 5.97 Å². The van der Waals surface area contributed by atoms with Crippen LogP contribution in [0.1, 0.15) is 12.1 Å². The second-order valence-corrected chi connectivity index (χ2v) is 5.28. The Bertz CT molecular complexity index is 484. The van der Waals surface area contributed by atoms with Crippen LogP contribution in [0.15, 0.2) is 12.3 Å². The Morgan fingerprint density at radius 2 is 2.37 bits per heavy atom. The highest BCUT2D eigenvalue weighted by Gasteiger charge is 2.37. The number of methoxy groups -OCH3 is 1. The van der Waals surface area contributed by atoms with Crippen molar-refractivity contribution in [1.82, 2.24) is 9.88 Å². The van der Waals surface area contributed by atoms with Crippen molar-refractivity contribution in [2.45, 2.75) is 25.1 Å². The molecule has 0 spiro atoms. The van der Waals surface area contributed by atoms with Crippen LogP contribution >= 0.6 is 23.2 Å². The Balaban J connectivity index is 2.14. The Hall–Kier alpha value is -0.880. The molecule has 1 aromatic rings. The fourth-order valence-corrected chi connectivity index (χ4v) is 2.63. The normalized spacial score (nSPS) is 23.6. The average Bonchev–Trinajstić information content (AvgIpc) is 2.73. The predicted octanol–water partition coefficient (Wildman–Crippen LogP) is 1.50. The van der Waals surface area contributed by atoms with Gasteiger partial charge in [-0.1, -0.05) is 23.2 Å². The van der Waals surface area contributed by atoms with Crippen molar-refractivity contribution in [2.75, 3.05) is 13.7 Å². The highest BCUT2D eigenvalue weighted by atomic mass is 35.5. The second-order valence-electron chi connectivity index (χ2n) is 4.44. The zero-order chi connectivity index (χ0) is 14.0. The Morgan fingerprint density at radius 3 is 3.00 bits per heavy atom. The van der Waals surface area contributed by atoms with Crippen molar-refractivity contribution in [3.05, 3.63) is 28.0 Å². The Morgan fingerprint density at radius 1 is 1.63 bits per heavy atom. The standard InChI is InChI=1S/C12H14Cl2N2O3/c1-19-12(18)11-3-8(17)5-16(11)6-10-9(14)2-7(13)4-15-10/h2,4,8,11,17H,3,5-6H2,1H3/t8-,11+/m0/s1. The summed E-state index contributed by atoms with van der Waals surface area (Å²) in [7, 11) is 1.33. The fourth-order valence-electron chi connectivity index (χ4n) is 2.19. The van der Waals surface area contributed by atoms with E-state index >= 15 is 0 Å². The number of carbonyl (C=O) groups excluding carboxylic acids is 1. The summed E-state index contributed by atoms with van der Waals surface area (Å²) in [6, 6.07) is 1.14. The number of aliphatic hydroxyl groups is 1. The van der Waals surface area contributed by atoms with Crippen molar-refractivity contribution in [3.63, 3.8) is 0 Å². The molecule has 1 aliphatic rings. The minimum atomic E-state index is -0.546.